The average Bonchev–Trinajstić information content (AvgIpc) is 3.13. The van der Waals surface area contributed by atoms with Crippen molar-refractivity contribution in [3.05, 3.63) is 101 Å². The number of benzene rings is 3. The van der Waals surface area contributed by atoms with Crippen molar-refractivity contribution in [2.45, 2.75) is 13.5 Å². The normalized spacial score (nSPS) is 14.4. The Labute approximate surface area is 175 Å². The Morgan fingerprint density at radius 1 is 0.967 bits per heavy atom. The lowest BCUT2D eigenvalue weighted by molar-refractivity contribution is -0.129. The summed E-state index contributed by atoms with van der Waals surface area (Å²) in [6.45, 7) is 2.41. The number of aryl methyl sites for hydroxylation is 1. The Bertz CT molecular complexity index is 1120. The van der Waals surface area contributed by atoms with Crippen LogP contribution in [0.5, 0.6) is 11.5 Å². The van der Waals surface area contributed by atoms with Gasteiger partial charge in [-0.2, -0.15) is 0 Å². The van der Waals surface area contributed by atoms with Crippen molar-refractivity contribution < 1.29 is 19.0 Å². The SMILES string of the molecule is COc1ccc(/C=C2\N=C(c3ccc(C)cc3)OC2=O)cc1OCc1ccccc1. The molecule has 0 saturated heterocycles. The molecule has 3 aromatic carbocycles. The van der Waals surface area contributed by atoms with Gasteiger partial charge in [-0.1, -0.05) is 54.1 Å². The first kappa shape index (κ1) is 19.5. The van der Waals surface area contributed by atoms with Crippen LogP contribution in [-0.4, -0.2) is 19.0 Å². The summed E-state index contributed by atoms with van der Waals surface area (Å²) in [6, 6.07) is 23.0. The van der Waals surface area contributed by atoms with Gasteiger partial charge in [0.15, 0.2) is 17.2 Å². The Hall–Kier alpha value is -3.86. The number of cyclic esters (lactones) is 1. The van der Waals surface area contributed by atoms with Crippen LogP contribution in [0.25, 0.3) is 6.08 Å². The fourth-order valence-electron chi connectivity index (χ4n) is 3.02. The van der Waals surface area contributed by atoms with Crippen LogP contribution in [0.2, 0.25) is 0 Å². The molecule has 1 aliphatic rings. The van der Waals surface area contributed by atoms with Gasteiger partial charge >= 0.3 is 5.97 Å². The van der Waals surface area contributed by atoms with E-state index in [0.29, 0.717) is 24.0 Å². The van der Waals surface area contributed by atoms with E-state index in [4.69, 9.17) is 14.2 Å². The van der Waals surface area contributed by atoms with Gasteiger partial charge < -0.3 is 14.2 Å². The number of aliphatic imine (C=N–C) groups is 1. The lowest BCUT2D eigenvalue weighted by Gasteiger charge is -2.11. The van der Waals surface area contributed by atoms with Crippen molar-refractivity contribution in [2.24, 2.45) is 4.99 Å². The molecule has 0 bridgehead atoms. The lowest BCUT2D eigenvalue weighted by Crippen LogP contribution is -2.05. The molecule has 5 heteroatoms. The number of esters is 1. The van der Waals surface area contributed by atoms with Crippen LogP contribution in [0.1, 0.15) is 22.3 Å². The van der Waals surface area contributed by atoms with Crippen LogP contribution in [0.4, 0.5) is 0 Å². The zero-order chi connectivity index (χ0) is 20.9. The quantitative estimate of drug-likeness (QED) is 0.436. The first-order valence-corrected chi connectivity index (χ1v) is 9.57. The molecule has 0 aromatic heterocycles. The molecular weight excluding hydrogens is 378 g/mol. The summed E-state index contributed by atoms with van der Waals surface area (Å²) in [6.07, 6.45) is 1.68. The molecule has 0 radical (unpaired) electrons. The van der Waals surface area contributed by atoms with Crippen molar-refractivity contribution in [2.75, 3.05) is 7.11 Å². The van der Waals surface area contributed by atoms with Gasteiger partial charge in [0.1, 0.15) is 6.61 Å². The first-order valence-electron chi connectivity index (χ1n) is 9.57. The van der Waals surface area contributed by atoms with Crippen LogP contribution in [-0.2, 0) is 16.1 Å². The second-order valence-electron chi connectivity index (χ2n) is 6.89. The maximum Gasteiger partial charge on any atom is 0.363 e. The van der Waals surface area contributed by atoms with Gasteiger partial charge in [-0.15, -0.1) is 0 Å². The highest BCUT2D eigenvalue weighted by atomic mass is 16.6. The molecule has 0 N–H and O–H groups in total. The molecule has 0 unspecified atom stereocenters. The highest BCUT2D eigenvalue weighted by molar-refractivity contribution is 6.12. The molecule has 5 nitrogen and oxygen atoms in total. The summed E-state index contributed by atoms with van der Waals surface area (Å²) in [7, 11) is 1.59. The fraction of sp³-hybridized carbons (Fsp3) is 0.120. The van der Waals surface area contributed by atoms with Crippen LogP contribution >= 0.6 is 0 Å². The van der Waals surface area contributed by atoms with Gasteiger partial charge in [0.2, 0.25) is 5.90 Å². The van der Waals surface area contributed by atoms with E-state index in [9.17, 15) is 4.79 Å². The van der Waals surface area contributed by atoms with Crippen molar-refractivity contribution in [3.63, 3.8) is 0 Å². The van der Waals surface area contributed by atoms with Gasteiger partial charge in [-0.3, -0.25) is 0 Å². The molecular formula is C25H21NO4. The van der Waals surface area contributed by atoms with Crippen molar-refractivity contribution >= 4 is 17.9 Å². The largest absolute Gasteiger partial charge is 0.493 e. The van der Waals surface area contributed by atoms with E-state index in [0.717, 1.165) is 22.3 Å². The molecule has 0 fully saturated rings. The number of hydrogen-bond acceptors (Lipinski definition) is 5. The second-order valence-corrected chi connectivity index (χ2v) is 6.89. The predicted octanol–water partition coefficient (Wildman–Crippen LogP) is 4.93. The number of carbonyl (C=O) groups excluding carboxylic acids is 1. The minimum atomic E-state index is -0.479. The van der Waals surface area contributed by atoms with Gasteiger partial charge in [0.05, 0.1) is 7.11 Å². The summed E-state index contributed by atoms with van der Waals surface area (Å²) in [5.41, 5.74) is 3.94. The average molecular weight is 399 g/mol. The van der Waals surface area contributed by atoms with Crippen molar-refractivity contribution in [1.29, 1.82) is 0 Å². The Balaban J connectivity index is 1.58. The molecule has 150 valence electrons. The van der Waals surface area contributed by atoms with Crippen molar-refractivity contribution in [3.8, 4) is 11.5 Å². The molecule has 1 heterocycles. The van der Waals surface area contributed by atoms with Crippen LogP contribution in [0, 0.1) is 6.92 Å². The topological polar surface area (TPSA) is 57.1 Å². The first-order chi connectivity index (χ1) is 14.6. The maximum atomic E-state index is 12.3. The summed E-state index contributed by atoms with van der Waals surface area (Å²) >= 11 is 0. The number of nitrogens with zero attached hydrogens (tertiary/aromatic N) is 1. The highest BCUT2D eigenvalue weighted by Gasteiger charge is 2.24. The minimum Gasteiger partial charge on any atom is -0.493 e. The van der Waals surface area contributed by atoms with Gasteiger partial charge in [-0.05, 0) is 48.4 Å². The summed E-state index contributed by atoms with van der Waals surface area (Å²) in [5.74, 6) is 1.03. The van der Waals surface area contributed by atoms with E-state index in [2.05, 4.69) is 4.99 Å². The van der Waals surface area contributed by atoms with Gasteiger partial charge in [0.25, 0.3) is 0 Å². The molecule has 0 aliphatic carbocycles. The minimum absolute atomic E-state index is 0.241. The summed E-state index contributed by atoms with van der Waals surface area (Å²) < 4.78 is 16.7. The molecule has 4 rings (SSSR count). The van der Waals surface area contributed by atoms with Gasteiger partial charge in [0, 0.05) is 5.56 Å². The Kier molecular flexibility index (Phi) is 5.61. The monoisotopic (exact) mass is 399 g/mol. The van der Waals surface area contributed by atoms with E-state index in [1.54, 1.807) is 19.3 Å². The van der Waals surface area contributed by atoms with E-state index in [-0.39, 0.29) is 5.70 Å². The molecule has 0 atom stereocenters. The standard InChI is InChI=1S/C25H21NO4/c1-17-8-11-20(12-9-17)24-26-21(25(27)30-24)14-19-10-13-22(28-2)23(15-19)29-16-18-6-4-3-5-7-18/h3-15H,16H2,1-2H3/b21-14-. The molecule has 0 amide bonds. The molecule has 30 heavy (non-hydrogen) atoms. The zero-order valence-corrected chi connectivity index (χ0v) is 16.8. The second kappa shape index (κ2) is 8.66. The molecule has 1 aliphatic heterocycles. The van der Waals surface area contributed by atoms with E-state index >= 15 is 0 Å². The van der Waals surface area contributed by atoms with E-state index in [1.165, 1.54) is 0 Å². The third-order valence-corrected chi connectivity index (χ3v) is 4.65. The van der Waals surface area contributed by atoms with Crippen LogP contribution in [0.15, 0.2) is 83.5 Å². The Morgan fingerprint density at radius 3 is 2.47 bits per heavy atom. The predicted molar refractivity (Wildman–Crippen MR) is 116 cm³/mol. The number of hydrogen-bond donors (Lipinski definition) is 0. The molecule has 0 spiro atoms. The maximum absolute atomic E-state index is 12.3. The Morgan fingerprint density at radius 2 is 1.73 bits per heavy atom. The van der Waals surface area contributed by atoms with E-state index in [1.807, 2.05) is 73.7 Å². The molecule has 3 aromatic rings. The van der Waals surface area contributed by atoms with E-state index < -0.39 is 5.97 Å². The fourth-order valence-corrected chi connectivity index (χ4v) is 3.02. The van der Waals surface area contributed by atoms with Gasteiger partial charge in [-0.25, -0.2) is 9.79 Å². The zero-order valence-electron chi connectivity index (χ0n) is 16.8. The lowest BCUT2D eigenvalue weighted by atomic mass is 10.1. The number of methoxy groups -OCH3 is 1. The van der Waals surface area contributed by atoms with Crippen LogP contribution < -0.4 is 9.47 Å². The molecule has 0 saturated carbocycles. The number of ether oxygens (including phenoxy) is 3. The third kappa shape index (κ3) is 4.41. The highest BCUT2D eigenvalue weighted by Crippen LogP contribution is 2.30. The van der Waals surface area contributed by atoms with Crippen LogP contribution in [0.3, 0.4) is 0 Å². The number of carbonyl (C=O) groups is 1. The smallest absolute Gasteiger partial charge is 0.363 e. The third-order valence-electron chi connectivity index (χ3n) is 4.65. The van der Waals surface area contributed by atoms with Crippen molar-refractivity contribution in [1.82, 2.24) is 0 Å². The summed E-state index contributed by atoms with van der Waals surface area (Å²) in [5, 5.41) is 0. The number of rotatable bonds is 6. The summed E-state index contributed by atoms with van der Waals surface area (Å²) in [4.78, 5) is 16.7.